The number of carbonyl (C=O) groups is 3. The summed E-state index contributed by atoms with van der Waals surface area (Å²) in [4.78, 5) is 37.6. The van der Waals surface area contributed by atoms with Crippen LogP contribution < -0.4 is 0 Å². The van der Waals surface area contributed by atoms with Gasteiger partial charge in [0, 0.05) is 19.3 Å². The SMILES string of the molecule is CC/C=C\C/C=C\C/C=C\CCCCCCCCC(=O)OCC(COC(=O)CCCCCCCCCCCC)OC(=O)CCC/C=C\C/C=C\C/C=C\CC. The van der Waals surface area contributed by atoms with E-state index in [0.29, 0.717) is 19.3 Å². The first-order valence-corrected chi connectivity index (χ1v) is 22.4. The summed E-state index contributed by atoms with van der Waals surface area (Å²) < 4.78 is 16.6. The van der Waals surface area contributed by atoms with Gasteiger partial charge >= 0.3 is 17.9 Å². The van der Waals surface area contributed by atoms with Crippen LogP contribution in [0.4, 0.5) is 0 Å². The van der Waals surface area contributed by atoms with Crippen molar-refractivity contribution in [1.29, 1.82) is 0 Å². The van der Waals surface area contributed by atoms with Gasteiger partial charge in [-0.2, -0.15) is 0 Å². The summed E-state index contributed by atoms with van der Waals surface area (Å²) in [6.07, 6.45) is 53.2. The molecule has 0 aromatic carbocycles. The van der Waals surface area contributed by atoms with Crippen LogP contribution in [0.5, 0.6) is 0 Å². The van der Waals surface area contributed by atoms with E-state index < -0.39 is 6.10 Å². The zero-order valence-corrected chi connectivity index (χ0v) is 35.7. The Balaban J connectivity index is 4.43. The summed E-state index contributed by atoms with van der Waals surface area (Å²) in [6.45, 7) is 6.32. The Kier molecular flexibility index (Phi) is 41.1. The second-order valence-corrected chi connectivity index (χ2v) is 14.5. The van der Waals surface area contributed by atoms with Crippen molar-refractivity contribution in [1.82, 2.24) is 0 Å². The van der Waals surface area contributed by atoms with Gasteiger partial charge in [0.15, 0.2) is 6.10 Å². The van der Waals surface area contributed by atoms with Gasteiger partial charge in [0.25, 0.3) is 0 Å². The molecule has 0 saturated carbocycles. The van der Waals surface area contributed by atoms with Crippen LogP contribution in [-0.2, 0) is 28.6 Å². The van der Waals surface area contributed by atoms with E-state index in [0.717, 1.165) is 89.9 Å². The molecule has 0 N–H and O–H groups in total. The lowest BCUT2D eigenvalue weighted by atomic mass is 10.1. The van der Waals surface area contributed by atoms with Crippen LogP contribution >= 0.6 is 0 Å². The lowest BCUT2D eigenvalue weighted by Gasteiger charge is -2.18. The molecule has 0 fully saturated rings. The van der Waals surface area contributed by atoms with Crippen LogP contribution in [0.3, 0.4) is 0 Å². The molecule has 0 spiro atoms. The van der Waals surface area contributed by atoms with Gasteiger partial charge in [0.1, 0.15) is 13.2 Å². The number of carbonyl (C=O) groups excluding carboxylic acids is 3. The first kappa shape index (κ1) is 51.9. The molecule has 0 heterocycles. The fourth-order valence-electron chi connectivity index (χ4n) is 5.89. The smallest absolute Gasteiger partial charge is 0.306 e. The molecule has 0 aromatic heterocycles. The zero-order valence-electron chi connectivity index (χ0n) is 35.7. The molecule has 0 bridgehead atoms. The van der Waals surface area contributed by atoms with E-state index in [1.807, 2.05) is 0 Å². The van der Waals surface area contributed by atoms with Gasteiger partial charge in [0.05, 0.1) is 0 Å². The molecule has 0 amide bonds. The molecular formula is C49H82O6. The van der Waals surface area contributed by atoms with Crippen molar-refractivity contribution in [2.45, 2.75) is 207 Å². The number of rotatable bonds is 39. The fourth-order valence-corrected chi connectivity index (χ4v) is 5.89. The lowest BCUT2D eigenvalue weighted by molar-refractivity contribution is -0.167. The molecule has 55 heavy (non-hydrogen) atoms. The van der Waals surface area contributed by atoms with Crippen molar-refractivity contribution in [3.05, 3.63) is 72.9 Å². The first-order valence-electron chi connectivity index (χ1n) is 22.4. The highest BCUT2D eigenvalue weighted by Gasteiger charge is 2.19. The predicted octanol–water partition coefficient (Wildman–Crippen LogP) is 14.3. The Hall–Kier alpha value is -3.15. The standard InChI is InChI=1S/C49H82O6/c1-4-7-10-13-16-19-22-23-24-25-26-28-30-33-36-39-42-48(51)54-45-46(44-53-47(50)41-38-35-32-29-21-18-15-12-9-6-3)55-49(52)43-40-37-34-31-27-20-17-14-11-8-5-2/h7-8,10-11,16-17,19-20,23-24,31,34,46H,4-6,9,12-15,18,21-22,25-30,32-33,35-45H2,1-3H3/b10-7-,11-8-,19-16-,20-17-,24-23-,34-31-. The minimum absolute atomic E-state index is 0.0994. The van der Waals surface area contributed by atoms with E-state index >= 15 is 0 Å². The molecule has 6 nitrogen and oxygen atoms in total. The Labute approximate surface area is 338 Å². The first-order chi connectivity index (χ1) is 27.0. The van der Waals surface area contributed by atoms with E-state index in [1.54, 1.807) is 0 Å². The third kappa shape index (κ3) is 41.8. The van der Waals surface area contributed by atoms with Crippen molar-refractivity contribution in [3.63, 3.8) is 0 Å². The van der Waals surface area contributed by atoms with Crippen LogP contribution in [0.2, 0.25) is 0 Å². The third-order valence-corrected chi connectivity index (χ3v) is 9.21. The molecule has 0 radical (unpaired) electrons. The molecule has 314 valence electrons. The van der Waals surface area contributed by atoms with Gasteiger partial charge in [-0.25, -0.2) is 0 Å². The minimum Gasteiger partial charge on any atom is -0.462 e. The molecule has 0 saturated heterocycles. The van der Waals surface area contributed by atoms with E-state index in [2.05, 4.69) is 93.7 Å². The molecular weight excluding hydrogens is 685 g/mol. The summed E-state index contributed by atoms with van der Waals surface area (Å²) in [5, 5.41) is 0. The number of hydrogen-bond acceptors (Lipinski definition) is 6. The summed E-state index contributed by atoms with van der Waals surface area (Å²) in [6, 6.07) is 0. The van der Waals surface area contributed by atoms with Gasteiger partial charge in [-0.3, -0.25) is 14.4 Å². The Bertz CT molecular complexity index is 1070. The van der Waals surface area contributed by atoms with Crippen molar-refractivity contribution in [3.8, 4) is 0 Å². The highest BCUT2D eigenvalue weighted by atomic mass is 16.6. The molecule has 0 aliphatic carbocycles. The number of hydrogen-bond donors (Lipinski definition) is 0. The number of unbranched alkanes of at least 4 members (excludes halogenated alkanes) is 16. The molecule has 1 unspecified atom stereocenters. The second-order valence-electron chi connectivity index (χ2n) is 14.5. The number of ether oxygens (including phenoxy) is 3. The van der Waals surface area contributed by atoms with Gasteiger partial charge in [-0.1, -0.05) is 177 Å². The fraction of sp³-hybridized carbons (Fsp3) is 0.694. The second kappa shape index (κ2) is 43.6. The molecule has 0 rings (SSSR count). The summed E-state index contributed by atoms with van der Waals surface area (Å²) in [5.74, 6) is -0.976. The van der Waals surface area contributed by atoms with E-state index in [-0.39, 0.29) is 37.5 Å². The van der Waals surface area contributed by atoms with E-state index in [1.165, 1.54) is 64.2 Å². The van der Waals surface area contributed by atoms with Crippen LogP contribution in [0.15, 0.2) is 72.9 Å². The topological polar surface area (TPSA) is 78.9 Å². The maximum Gasteiger partial charge on any atom is 0.306 e. The van der Waals surface area contributed by atoms with Crippen molar-refractivity contribution in [2.24, 2.45) is 0 Å². The third-order valence-electron chi connectivity index (χ3n) is 9.21. The minimum atomic E-state index is -0.802. The van der Waals surface area contributed by atoms with Gasteiger partial charge in [0.2, 0.25) is 0 Å². The lowest BCUT2D eigenvalue weighted by Crippen LogP contribution is -2.30. The van der Waals surface area contributed by atoms with Gasteiger partial charge in [-0.05, 0) is 77.0 Å². The van der Waals surface area contributed by atoms with E-state index in [9.17, 15) is 14.4 Å². The number of allylic oxidation sites excluding steroid dienone is 12. The Morgan fingerprint density at radius 2 is 0.727 bits per heavy atom. The van der Waals surface area contributed by atoms with Crippen molar-refractivity contribution in [2.75, 3.05) is 13.2 Å². The zero-order chi connectivity index (χ0) is 40.1. The monoisotopic (exact) mass is 767 g/mol. The quantitative estimate of drug-likeness (QED) is 0.0268. The molecule has 6 heteroatoms. The maximum atomic E-state index is 12.7. The Morgan fingerprint density at radius 3 is 1.16 bits per heavy atom. The summed E-state index contributed by atoms with van der Waals surface area (Å²) >= 11 is 0. The van der Waals surface area contributed by atoms with Crippen molar-refractivity contribution < 1.29 is 28.6 Å². The van der Waals surface area contributed by atoms with Gasteiger partial charge < -0.3 is 14.2 Å². The number of esters is 3. The average Bonchev–Trinajstić information content (AvgIpc) is 3.18. The maximum absolute atomic E-state index is 12.7. The molecule has 0 aliphatic heterocycles. The largest absolute Gasteiger partial charge is 0.462 e. The van der Waals surface area contributed by atoms with Gasteiger partial charge in [-0.15, -0.1) is 0 Å². The highest BCUT2D eigenvalue weighted by Crippen LogP contribution is 2.13. The molecule has 0 aromatic rings. The summed E-state index contributed by atoms with van der Waals surface area (Å²) in [5.41, 5.74) is 0. The van der Waals surface area contributed by atoms with Crippen LogP contribution in [-0.4, -0.2) is 37.2 Å². The average molecular weight is 767 g/mol. The predicted molar refractivity (Wildman–Crippen MR) is 233 cm³/mol. The van der Waals surface area contributed by atoms with Crippen LogP contribution in [0.25, 0.3) is 0 Å². The van der Waals surface area contributed by atoms with Crippen LogP contribution in [0.1, 0.15) is 201 Å². The van der Waals surface area contributed by atoms with Crippen molar-refractivity contribution >= 4 is 17.9 Å². The molecule has 0 aliphatic rings. The highest BCUT2D eigenvalue weighted by molar-refractivity contribution is 5.71. The normalized spacial score (nSPS) is 12.7. The van der Waals surface area contributed by atoms with E-state index in [4.69, 9.17) is 14.2 Å². The molecule has 1 atom stereocenters. The summed E-state index contributed by atoms with van der Waals surface area (Å²) in [7, 11) is 0. The Morgan fingerprint density at radius 1 is 0.382 bits per heavy atom. The van der Waals surface area contributed by atoms with Crippen LogP contribution in [0, 0.1) is 0 Å².